The van der Waals surface area contributed by atoms with Gasteiger partial charge in [0.15, 0.2) is 0 Å². The van der Waals surface area contributed by atoms with Gasteiger partial charge in [-0.2, -0.15) is 0 Å². The van der Waals surface area contributed by atoms with Gasteiger partial charge < -0.3 is 4.90 Å². The van der Waals surface area contributed by atoms with Crippen LogP contribution < -0.4 is 4.90 Å². The van der Waals surface area contributed by atoms with E-state index in [9.17, 15) is 9.59 Å². The summed E-state index contributed by atoms with van der Waals surface area (Å²) in [7, 11) is 2.08. The van der Waals surface area contributed by atoms with Crippen LogP contribution in [0.3, 0.4) is 0 Å². The van der Waals surface area contributed by atoms with Crippen molar-refractivity contribution in [3.8, 4) is 0 Å². The molecule has 5 nitrogen and oxygen atoms in total. The van der Waals surface area contributed by atoms with Crippen LogP contribution in [0, 0.1) is 6.92 Å². The molecule has 0 radical (unpaired) electrons. The SMILES string of the molecule is Cc1cccc(N2C(=O)C[C@@H](N3CCN(C)CC3)C2=O)c1. The van der Waals surface area contributed by atoms with E-state index in [1.165, 1.54) is 4.90 Å². The molecule has 0 aromatic heterocycles. The van der Waals surface area contributed by atoms with Gasteiger partial charge in [-0.05, 0) is 31.7 Å². The van der Waals surface area contributed by atoms with Crippen molar-refractivity contribution < 1.29 is 9.59 Å². The largest absolute Gasteiger partial charge is 0.304 e. The first-order valence-corrected chi connectivity index (χ1v) is 7.42. The summed E-state index contributed by atoms with van der Waals surface area (Å²) < 4.78 is 0. The van der Waals surface area contributed by atoms with Crippen LogP contribution in [-0.4, -0.2) is 60.9 Å². The normalized spacial score (nSPS) is 24.9. The smallest absolute Gasteiger partial charge is 0.251 e. The minimum Gasteiger partial charge on any atom is -0.304 e. The summed E-state index contributed by atoms with van der Waals surface area (Å²) in [6, 6.07) is 7.28. The van der Waals surface area contributed by atoms with Crippen LogP contribution in [0.5, 0.6) is 0 Å². The summed E-state index contributed by atoms with van der Waals surface area (Å²) in [5.41, 5.74) is 1.75. The zero-order valence-electron chi connectivity index (χ0n) is 12.6. The van der Waals surface area contributed by atoms with Crippen LogP contribution in [-0.2, 0) is 9.59 Å². The summed E-state index contributed by atoms with van der Waals surface area (Å²) in [5.74, 6) is -0.162. The molecule has 2 aliphatic rings. The Balaban J connectivity index is 1.79. The molecule has 2 amide bonds. The lowest BCUT2D eigenvalue weighted by Gasteiger charge is -2.35. The maximum atomic E-state index is 12.7. The number of likely N-dealkylation sites (N-methyl/N-ethyl adjacent to an activating group) is 1. The van der Waals surface area contributed by atoms with Gasteiger partial charge in [0.1, 0.15) is 0 Å². The van der Waals surface area contributed by atoms with E-state index in [1.807, 2.05) is 31.2 Å². The summed E-state index contributed by atoms with van der Waals surface area (Å²) in [4.78, 5) is 30.7. The highest BCUT2D eigenvalue weighted by Crippen LogP contribution is 2.26. The van der Waals surface area contributed by atoms with Gasteiger partial charge in [0.2, 0.25) is 5.91 Å². The van der Waals surface area contributed by atoms with E-state index < -0.39 is 0 Å². The fourth-order valence-electron chi connectivity index (χ4n) is 3.07. The number of rotatable bonds is 2. The Morgan fingerprint density at radius 1 is 1.10 bits per heavy atom. The highest BCUT2D eigenvalue weighted by molar-refractivity contribution is 6.22. The molecular formula is C16H21N3O2. The number of hydrogen-bond acceptors (Lipinski definition) is 4. The van der Waals surface area contributed by atoms with E-state index >= 15 is 0 Å². The molecule has 3 rings (SSSR count). The van der Waals surface area contributed by atoms with Crippen LogP contribution >= 0.6 is 0 Å². The highest BCUT2D eigenvalue weighted by atomic mass is 16.2. The van der Waals surface area contributed by atoms with E-state index in [-0.39, 0.29) is 17.9 Å². The lowest BCUT2D eigenvalue weighted by molar-refractivity contribution is -0.123. The summed E-state index contributed by atoms with van der Waals surface area (Å²) in [6.45, 7) is 5.56. The minimum atomic E-state index is -0.285. The Hall–Kier alpha value is -1.72. The predicted molar refractivity (Wildman–Crippen MR) is 81.1 cm³/mol. The quantitative estimate of drug-likeness (QED) is 0.757. The first-order valence-electron chi connectivity index (χ1n) is 7.42. The third-order valence-electron chi connectivity index (χ3n) is 4.36. The topological polar surface area (TPSA) is 43.9 Å². The molecule has 21 heavy (non-hydrogen) atoms. The number of hydrogen-bond donors (Lipinski definition) is 0. The minimum absolute atomic E-state index is 0.0739. The van der Waals surface area contributed by atoms with Crippen molar-refractivity contribution in [2.75, 3.05) is 38.1 Å². The Morgan fingerprint density at radius 3 is 2.48 bits per heavy atom. The van der Waals surface area contributed by atoms with Crippen LogP contribution in [0.15, 0.2) is 24.3 Å². The molecule has 0 N–H and O–H groups in total. The Morgan fingerprint density at radius 2 is 1.81 bits per heavy atom. The van der Waals surface area contributed by atoms with Crippen molar-refractivity contribution in [3.05, 3.63) is 29.8 Å². The first kappa shape index (κ1) is 14.2. The van der Waals surface area contributed by atoms with Crippen molar-refractivity contribution in [1.82, 2.24) is 9.80 Å². The molecule has 1 aromatic rings. The third kappa shape index (κ3) is 2.71. The second-order valence-corrected chi connectivity index (χ2v) is 5.97. The zero-order valence-corrected chi connectivity index (χ0v) is 12.6. The maximum Gasteiger partial charge on any atom is 0.251 e. The molecule has 112 valence electrons. The van der Waals surface area contributed by atoms with Gasteiger partial charge in [-0.25, -0.2) is 4.90 Å². The third-order valence-corrected chi connectivity index (χ3v) is 4.36. The molecule has 1 aromatic carbocycles. The summed E-state index contributed by atoms with van der Waals surface area (Å²) >= 11 is 0. The monoisotopic (exact) mass is 287 g/mol. The molecule has 2 aliphatic heterocycles. The molecular weight excluding hydrogens is 266 g/mol. The molecule has 2 heterocycles. The highest BCUT2D eigenvalue weighted by Gasteiger charge is 2.43. The fraction of sp³-hybridized carbons (Fsp3) is 0.500. The number of amides is 2. The van der Waals surface area contributed by atoms with Gasteiger partial charge in [-0.1, -0.05) is 12.1 Å². The van der Waals surface area contributed by atoms with Gasteiger partial charge in [-0.3, -0.25) is 14.5 Å². The Kier molecular flexibility index (Phi) is 3.78. The molecule has 5 heteroatoms. The molecule has 2 saturated heterocycles. The number of carbonyl (C=O) groups excluding carboxylic acids is 2. The van der Waals surface area contributed by atoms with E-state index in [0.29, 0.717) is 12.1 Å². The number of piperazine rings is 1. The van der Waals surface area contributed by atoms with Crippen LogP contribution in [0.25, 0.3) is 0 Å². The van der Waals surface area contributed by atoms with Gasteiger partial charge in [0, 0.05) is 26.2 Å². The lowest BCUT2D eigenvalue weighted by atomic mass is 10.2. The van der Waals surface area contributed by atoms with Crippen molar-refractivity contribution >= 4 is 17.5 Å². The van der Waals surface area contributed by atoms with Crippen molar-refractivity contribution in [1.29, 1.82) is 0 Å². The molecule has 1 atom stereocenters. The van der Waals surface area contributed by atoms with Gasteiger partial charge in [-0.15, -0.1) is 0 Å². The molecule has 2 fully saturated rings. The maximum absolute atomic E-state index is 12.7. The first-order chi connectivity index (χ1) is 10.1. The second kappa shape index (κ2) is 5.58. The summed E-state index contributed by atoms with van der Waals surface area (Å²) in [5, 5.41) is 0. The van der Waals surface area contributed by atoms with Crippen molar-refractivity contribution in [2.24, 2.45) is 0 Å². The fourth-order valence-corrected chi connectivity index (χ4v) is 3.07. The molecule has 0 aliphatic carbocycles. The average molecular weight is 287 g/mol. The van der Waals surface area contributed by atoms with Crippen LogP contribution in [0.4, 0.5) is 5.69 Å². The number of benzene rings is 1. The number of nitrogens with zero attached hydrogens (tertiary/aromatic N) is 3. The summed E-state index contributed by atoms with van der Waals surface area (Å²) in [6.07, 6.45) is 0.302. The molecule has 0 spiro atoms. The van der Waals surface area contributed by atoms with Gasteiger partial charge in [0.05, 0.1) is 18.2 Å². The molecule has 0 saturated carbocycles. The standard InChI is InChI=1S/C16H21N3O2/c1-12-4-3-5-13(10-12)19-15(20)11-14(16(19)21)18-8-6-17(2)7-9-18/h3-5,10,14H,6-9,11H2,1-2H3/t14-/m1/s1. The lowest BCUT2D eigenvalue weighted by Crippen LogP contribution is -2.51. The van der Waals surface area contributed by atoms with E-state index in [0.717, 1.165) is 31.7 Å². The Labute approximate surface area is 125 Å². The number of carbonyl (C=O) groups is 2. The van der Waals surface area contributed by atoms with E-state index in [4.69, 9.17) is 0 Å². The zero-order chi connectivity index (χ0) is 15.0. The van der Waals surface area contributed by atoms with Crippen molar-refractivity contribution in [2.45, 2.75) is 19.4 Å². The Bertz CT molecular complexity index is 564. The average Bonchev–Trinajstić information content (AvgIpc) is 2.75. The predicted octanol–water partition coefficient (Wildman–Crippen LogP) is 0.874. The molecule has 0 bridgehead atoms. The van der Waals surface area contributed by atoms with Gasteiger partial charge >= 0.3 is 0 Å². The van der Waals surface area contributed by atoms with E-state index in [2.05, 4.69) is 16.8 Å². The second-order valence-electron chi connectivity index (χ2n) is 5.97. The van der Waals surface area contributed by atoms with Crippen LogP contribution in [0.1, 0.15) is 12.0 Å². The van der Waals surface area contributed by atoms with Gasteiger partial charge in [0.25, 0.3) is 5.91 Å². The number of anilines is 1. The van der Waals surface area contributed by atoms with Crippen LogP contribution in [0.2, 0.25) is 0 Å². The molecule has 0 unspecified atom stereocenters. The number of imide groups is 1. The van der Waals surface area contributed by atoms with Crippen molar-refractivity contribution in [3.63, 3.8) is 0 Å². The number of aryl methyl sites for hydroxylation is 1. The van der Waals surface area contributed by atoms with E-state index in [1.54, 1.807) is 0 Å².